The van der Waals surface area contributed by atoms with Crippen LogP contribution in [0.15, 0.2) is 34.7 Å². The fourth-order valence-corrected chi connectivity index (χ4v) is 2.84. The van der Waals surface area contributed by atoms with Gasteiger partial charge in [0.25, 0.3) is 0 Å². The van der Waals surface area contributed by atoms with Crippen molar-refractivity contribution in [2.75, 3.05) is 13.1 Å². The molecule has 2 heterocycles. The third-order valence-electron chi connectivity index (χ3n) is 4.19. The van der Waals surface area contributed by atoms with E-state index < -0.39 is 36.2 Å². The number of carbonyl (C=O) groups is 1. The molecule has 0 bridgehead atoms. The molecule has 1 aliphatic rings. The van der Waals surface area contributed by atoms with Gasteiger partial charge in [-0.05, 0) is 31.2 Å². The molecule has 0 aliphatic carbocycles. The summed E-state index contributed by atoms with van der Waals surface area (Å²) in [6.07, 6.45) is -11.3. The number of carbonyl (C=O) groups excluding carboxylic acids is 1. The zero-order valence-electron chi connectivity index (χ0n) is 15.2. The first kappa shape index (κ1) is 22.1. The Morgan fingerprint density at radius 3 is 2.37 bits per heavy atom. The van der Waals surface area contributed by atoms with Gasteiger partial charge in [0, 0.05) is 11.1 Å². The predicted octanol–water partition coefficient (Wildman–Crippen LogP) is 5.24. The molecule has 164 valence electrons. The number of ether oxygens (including phenoxy) is 2. The first-order chi connectivity index (χ1) is 13.8. The highest BCUT2D eigenvalue weighted by Gasteiger charge is 2.47. The molecule has 0 radical (unpaired) electrons. The number of rotatable bonds is 5. The van der Waals surface area contributed by atoms with Crippen LogP contribution >= 0.6 is 11.6 Å². The van der Waals surface area contributed by atoms with Crippen molar-refractivity contribution < 1.29 is 45.0 Å². The Hall–Kier alpha value is -2.56. The number of amides is 1. The van der Waals surface area contributed by atoms with Crippen LogP contribution in [0.4, 0.5) is 26.3 Å². The van der Waals surface area contributed by atoms with Crippen LogP contribution in [0.1, 0.15) is 24.5 Å². The molecule has 5 nitrogen and oxygen atoms in total. The molecule has 1 aromatic heterocycles. The van der Waals surface area contributed by atoms with Gasteiger partial charge in [0.2, 0.25) is 5.76 Å². The molecule has 12 heteroatoms. The molecule has 1 aromatic carbocycles. The van der Waals surface area contributed by atoms with E-state index in [9.17, 15) is 31.1 Å². The van der Waals surface area contributed by atoms with Crippen LogP contribution in [0.3, 0.4) is 0 Å². The molecular weight excluding hydrogens is 444 g/mol. The first-order valence-corrected chi connectivity index (χ1v) is 8.88. The molecule has 0 saturated carbocycles. The van der Waals surface area contributed by atoms with E-state index in [1.807, 2.05) is 0 Å². The topological polar surface area (TPSA) is 51.9 Å². The van der Waals surface area contributed by atoms with E-state index in [1.54, 1.807) is 0 Å². The molecule has 1 aliphatic heterocycles. The molecule has 30 heavy (non-hydrogen) atoms. The van der Waals surface area contributed by atoms with Crippen LogP contribution in [0.25, 0.3) is 0 Å². The number of benzene rings is 1. The number of likely N-dealkylation sites (tertiary alicyclic amines) is 1. The Bertz CT molecular complexity index is 920. The van der Waals surface area contributed by atoms with Gasteiger partial charge in [-0.15, -0.1) is 0 Å². The van der Waals surface area contributed by atoms with Gasteiger partial charge in [-0.3, -0.25) is 4.79 Å². The van der Waals surface area contributed by atoms with Crippen LogP contribution in [0.2, 0.25) is 5.02 Å². The van der Waals surface area contributed by atoms with Crippen molar-refractivity contribution in [2.24, 2.45) is 0 Å². The number of halogens is 7. The van der Waals surface area contributed by atoms with Gasteiger partial charge in [-0.25, -0.2) is 0 Å². The zero-order chi connectivity index (χ0) is 22.3. The van der Waals surface area contributed by atoms with Crippen LogP contribution < -0.4 is 9.47 Å². The van der Waals surface area contributed by atoms with Crippen molar-refractivity contribution in [2.45, 2.75) is 31.5 Å². The third-order valence-corrected chi connectivity index (χ3v) is 4.42. The van der Waals surface area contributed by atoms with Crippen LogP contribution in [-0.2, 0) is 11.0 Å². The van der Waals surface area contributed by atoms with Gasteiger partial charge >= 0.3 is 18.3 Å². The van der Waals surface area contributed by atoms with Crippen molar-refractivity contribution >= 4 is 17.5 Å². The molecule has 0 spiro atoms. The summed E-state index contributed by atoms with van der Waals surface area (Å²) in [4.78, 5) is 11.7. The average molecular weight is 458 g/mol. The first-order valence-electron chi connectivity index (χ1n) is 8.50. The Labute approximate surface area is 171 Å². The molecule has 1 saturated heterocycles. The van der Waals surface area contributed by atoms with Crippen molar-refractivity contribution in [3.8, 4) is 11.5 Å². The van der Waals surface area contributed by atoms with E-state index in [4.69, 9.17) is 25.5 Å². The molecule has 1 fully saturated rings. The summed E-state index contributed by atoms with van der Waals surface area (Å²) in [5.41, 5.74) is 0. The highest BCUT2D eigenvalue weighted by Crippen LogP contribution is 2.37. The fraction of sp³-hybridized carbons (Fsp3) is 0.389. The van der Waals surface area contributed by atoms with E-state index >= 15 is 0 Å². The minimum Gasteiger partial charge on any atom is -0.483 e. The standard InChI is InChI=1S/C18H14ClF6NO4/c1-9(12-4-5-15(30-12)17(20,21)22)28-13-3-2-10(19)6-14(13)29-11-7-26(8-11)16(27)18(23,24)25/h2-6,9,11H,7-8H2,1H3. The lowest BCUT2D eigenvalue weighted by atomic mass is 10.1. The summed E-state index contributed by atoms with van der Waals surface area (Å²) in [6, 6.07) is 6.09. The van der Waals surface area contributed by atoms with Gasteiger partial charge in [0.1, 0.15) is 11.9 Å². The van der Waals surface area contributed by atoms with Crippen LogP contribution in [0, 0.1) is 0 Å². The van der Waals surface area contributed by atoms with E-state index in [0.29, 0.717) is 4.90 Å². The number of alkyl halides is 6. The molecular formula is C18H14ClF6NO4. The van der Waals surface area contributed by atoms with Gasteiger partial charge < -0.3 is 18.8 Å². The van der Waals surface area contributed by atoms with E-state index in [0.717, 1.165) is 12.1 Å². The molecule has 0 N–H and O–H groups in total. The molecule has 1 amide bonds. The largest absolute Gasteiger partial charge is 0.483 e. The number of furan rings is 1. The SMILES string of the molecule is CC(Oc1ccc(Cl)cc1OC1CN(C(=O)C(F)(F)F)C1)c1ccc(C(F)(F)F)o1. The van der Waals surface area contributed by atoms with Crippen molar-refractivity contribution in [3.63, 3.8) is 0 Å². The lowest BCUT2D eigenvalue weighted by Crippen LogP contribution is -2.59. The smallest absolute Gasteiger partial charge is 0.471 e. The van der Waals surface area contributed by atoms with E-state index in [2.05, 4.69) is 0 Å². The maximum atomic E-state index is 12.7. The summed E-state index contributed by atoms with van der Waals surface area (Å²) in [7, 11) is 0. The lowest BCUT2D eigenvalue weighted by Gasteiger charge is -2.39. The average Bonchev–Trinajstić information content (AvgIpc) is 3.09. The fourth-order valence-electron chi connectivity index (χ4n) is 2.68. The van der Waals surface area contributed by atoms with Gasteiger partial charge in [0.05, 0.1) is 13.1 Å². The Morgan fingerprint density at radius 1 is 1.13 bits per heavy atom. The second-order valence-corrected chi connectivity index (χ2v) is 6.94. The highest BCUT2D eigenvalue weighted by molar-refractivity contribution is 6.30. The van der Waals surface area contributed by atoms with Gasteiger partial charge in [-0.1, -0.05) is 11.6 Å². The highest BCUT2D eigenvalue weighted by atomic mass is 35.5. The Morgan fingerprint density at radius 2 is 1.80 bits per heavy atom. The number of nitrogens with zero attached hydrogens (tertiary/aromatic N) is 1. The Kier molecular flexibility index (Phi) is 5.85. The summed E-state index contributed by atoms with van der Waals surface area (Å²) in [6.45, 7) is 0.879. The lowest BCUT2D eigenvalue weighted by molar-refractivity contribution is -0.193. The second kappa shape index (κ2) is 7.93. The predicted molar refractivity (Wildman–Crippen MR) is 91.3 cm³/mol. The van der Waals surface area contributed by atoms with E-state index in [-0.39, 0.29) is 35.4 Å². The monoisotopic (exact) mass is 457 g/mol. The summed E-state index contributed by atoms with van der Waals surface area (Å²) < 4.78 is 91.3. The molecule has 3 rings (SSSR count). The van der Waals surface area contributed by atoms with Crippen LogP contribution in [0.5, 0.6) is 11.5 Å². The van der Waals surface area contributed by atoms with Crippen LogP contribution in [-0.4, -0.2) is 36.2 Å². The molecule has 2 aromatic rings. The number of hydrogen-bond acceptors (Lipinski definition) is 4. The van der Waals surface area contributed by atoms with Gasteiger partial charge in [-0.2, -0.15) is 26.3 Å². The zero-order valence-corrected chi connectivity index (χ0v) is 15.9. The molecule has 1 unspecified atom stereocenters. The third kappa shape index (κ3) is 4.94. The Balaban J connectivity index is 1.67. The van der Waals surface area contributed by atoms with Gasteiger partial charge in [0.15, 0.2) is 17.6 Å². The van der Waals surface area contributed by atoms with Crippen molar-refractivity contribution in [3.05, 3.63) is 46.9 Å². The minimum atomic E-state index is -4.97. The molecule has 1 atom stereocenters. The summed E-state index contributed by atoms with van der Waals surface area (Å²) in [5, 5.41) is 0.241. The quantitative estimate of drug-likeness (QED) is 0.576. The second-order valence-electron chi connectivity index (χ2n) is 6.50. The van der Waals surface area contributed by atoms with E-state index in [1.165, 1.54) is 25.1 Å². The maximum Gasteiger partial charge on any atom is 0.471 e. The van der Waals surface area contributed by atoms with Crippen molar-refractivity contribution in [1.82, 2.24) is 4.90 Å². The minimum absolute atomic E-state index is 0.0704. The summed E-state index contributed by atoms with van der Waals surface area (Å²) in [5.74, 6) is -3.06. The summed E-state index contributed by atoms with van der Waals surface area (Å²) >= 11 is 5.92. The number of hydrogen-bond donors (Lipinski definition) is 0. The van der Waals surface area contributed by atoms with Crippen molar-refractivity contribution in [1.29, 1.82) is 0 Å². The maximum absolute atomic E-state index is 12.7. The normalized spacial score (nSPS) is 16.2.